The molecular formula is C17H23N3O2. The van der Waals surface area contributed by atoms with Gasteiger partial charge in [0.25, 0.3) is 0 Å². The van der Waals surface area contributed by atoms with E-state index in [1.54, 1.807) is 0 Å². The Hall–Kier alpha value is -2.04. The molecule has 1 fully saturated rings. The number of fused-ring (bicyclic) bond motifs is 1. The maximum Gasteiger partial charge on any atom is 0.410 e. The highest BCUT2D eigenvalue weighted by molar-refractivity contribution is 5.75. The molecule has 1 unspecified atom stereocenters. The molecule has 3 rings (SSSR count). The smallest absolute Gasteiger partial charge is 0.410 e. The van der Waals surface area contributed by atoms with E-state index in [1.807, 2.05) is 44.1 Å². The van der Waals surface area contributed by atoms with Crippen molar-refractivity contribution in [1.29, 1.82) is 0 Å². The summed E-state index contributed by atoms with van der Waals surface area (Å²) in [5.74, 6) is 0.321. The van der Waals surface area contributed by atoms with Gasteiger partial charge >= 0.3 is 6.09 Å². The van der Waals surface area contributed by atoms with Crippen molar-refractivity contribution >= 4 is 17.1 Å². The molecular weight excluding hydrogens is 278 g/mol. The number of aromatic amines is 1. The number of amides is 1. The van der Waals surface area contributed by atoms with Crippen LogP contribution in [-0.2, 0) is 4.74 Å². The minimum absolute atomic E-state index is 0.217. The molecule has 0 bridgehead atoms. The average Bonchev–Trinajstić information content (AvgIpc) is 2.93. The zero-order valence-electron chi connectivity index (χ0n) is 13.4. The number of rotatable bonds is 1. The zero-order valence-corrected chi connectivity index (χ0v) is 13.4. The van der Waals surface area contributed by atoms with Gasteiger partial charge in [0.15, 0.2) is 0 Å². The Bertz CT molecular complexity index is 672. The van der Waals surface area contributed by atoms with E-state index in [-0.39, 0.29) is 6.09 Å². The first-order chi connectivity index (χ1) is 10.4. The summed E-state index contributed by atoms with van der Waals surface area (Å²) < 4.78 is 5.48. The van der Waals surface area contributed by atoms with E-state index in [1.165, 1.54) is 5.56 Å². The third-order valence-corrected chi connectivity index (χ3v) is 3.96. The number of H-pyrrole nitrogens is 1. The van der Waals surface area contributed by atoms with Crippen molar-refractivity contribution in [2.75, 3.05) is 13.1 Å². The number of hydrogen-bond acceptors (Lipinski definition) is 3. The first-order valence-corrected chi connectivity index (χ1v) is 7.83. The minimum Gasteiger partial charge on any atom is -0.444 e. The van der Waals surface area contributed by atoms with Crippen molar-refractivity contribution in [3.63, 3.8) is 0 Å². The topological polar surface area (TPSA) is 58.2 Å². The van der Waals surface area contributed by atoms with E-state index in [0.29, 0.717) is 12.5 Å². The summed E-state index contributed by atoms with van der Waals surface area (Å²) in [4.78, 5) is 21.7. The average molecular weight is 301 g/mol. The third kappa shape index (κ3) is 3.24. The zero-order chi connectivity index (χ0) is 15.7. The van der Waals surface area contributed by atoms with Crippen LogP contribution in [0.1, 0.15) is 45.1 Å². The van der Waals surface area contributed by atoms with Crippen LogP contribution in [0.4, 0.5) is 4.79 Å². The van der Waals surface area contributed by atoms with Gasteiger partial charge in [-0.1, -0.05) is 0 Å². The van der Waals surface area contributed by atoms with Gasteiger partial charge in [0.2, 0.25) is 0 Å². The fourth-order valence-corrected chi connectivity index (χ4v) is 2.92. The van der Waals surface area contributed by atoms with E-state index in [0.717, 1.165) is 30.4 Å². The third-order valence-electron chi connectivity index (χ3n) is 3.96. The molecule has 1 saturated heterocycles. The highest BCUT2D eigenvalue weighted by Crippen LogP contribution is 2.28. The number of carbonyl (C=O) groups excluding carboxylic acids is 1. The summed E-state index contributed by atoms with van der Waals surface area (Å²) in [5.41, 5.74) is 2.76. The second-order valence-electron chi connectivity index (χ2n) is 6.94. The lowest BCUT2D eigenvalue weighted by Crippen LogP contribution is -2.42. The number of ether oxygens (including phenoxy) is 1. The maximum absolute atomic E-state index is 12.2. The molecule has 0 radical (unpaired) electrons. The first-order valence-electron chi connectivity index (χ1n) is 7.83. The quantitative estimate of drug-likeness (QED) is 0.874. The Morgan fingerprint density at radius 1 is 1.45 bits per heavy atom. The molecule has 1 amide bonds. The molecule has 1 aliphatic rings. The van der Waals surface area contributed by atoms with Gasteiger partial charge in [0.05, 0.1) is 11.0 Å². The van der Waals surface area contributed by atoms with Crippen molar-refractivity contribution in [3.05, 3.63) is 30.1 Å². The van der Waals surface area contributed by atoms with Crippen molar-refractivity contribution < 1.29 is 9.53 Å². The maximum atomic E-state index is 12.2. The number of hydrogen-bond donors (Lipinski definition) is 1. The molecule has 0 aliphatic carbocycles. The molecule has 0 saturated carbocycles. The lowest BCUT2D eigenvalue weighted by molar-refractivity contribution is 0.0198. The monoisotopic (exact) mass is 301 g/mol. The number of nitrogens with zero attached hydrogens (tertiary/aromatic N) is 2. The molecule has 118 valence electrons. The fraction of sp³-hybridized carbons (Fsp3) is 0.529. The van der Waals surface area contributed by atoms with Gasteiger partial charge < -0.3 is 14.6 Å². The molecule has 22 heavy (non-hydrogen) atoms. The number of likely N-dealkylation sites (tertiary alicyclic amines) is 1. The molecule has 5 heteroatoms. The highest BCUT2D eigenvalue weighted by atomic mass is 16.6. The van der Waals surface area contributed by atoms with Crippen LogP contribution < -0.4 is 0 Å². The number of carbonyl (C=O) groups is 1. The van der Waals surface area contributed by atoms with Gasteiger partial charge in [0.1, 0.15) is 5.60 Å². The van der Waals surface area contributed by atoms with Crippen LogP contribution in [0.2, 0.25) is 0 Å². The largest absolute Gasteiger partial charge is 0.444 e. The predicted octanol–water partition coefficient (Wildman–Crippen LogP) is 3.68. The Balaban J connectivity index is 1.73. The lowest BCUT2D eigenvalue weighted by Gasteiger charge is -2.34. The van der Waals surface area contributed by atoms with Crippen LogP contribution in [0.3, 0.4) is 0 Å². The standard InChI is InChI=1S/C17H23N3O2/c1-17(2,3)22-16(21)20-8-4-5-12(11-20)13-9-15-14(19-10-13)6-7-18-15/h6-7,9-10,12,18H,4-5,8,11H2,1-3H3. The van der Waals surface area contributed by atoms with Crippen LogP contribution in [0, 0.1) is 0 Å². The fourth-order valence-electron chi connectivity index (χ4n) is 2.92. The number of piperidine rings is 1. The molecule has 0 spiro atoms. The van der Waals surface area contributed by atoms with Gasteiger partial charge in [-0.3, -0.25) is 4.98 Å². The summed E-state index contributed by atoms with van der Waals surface area (Å²) in [6.07, 6.45) is 5.68. The summed E-state index contributed by atoms with van der Waals surface area (Å²) in [6.45, 7) is 7.16. The van der Waals surface area contributed by atoms with E-state index in [2.05, 4.69) is 16.0 Å². The molecule has 3 heterocycles. The Labute approximate surface area is 130 Å². The van der Waals surface area contributed by atoms with Crippen LogP contribution in [0.15, 0.2) is 24.5 Å². The summed E-state index contributed by atoms with van der Waals surface area (Å²) in [6, 6.07) is 4.11. The number of pyridine rings is 1. The van der Waals surface area contributed by atoms with E-state index < -0.39 is 5.60 Å². The van der Waals surface area contributed by atoms with Crippen molar-refractivity contribution in [2.45, 2.75) is 45.1 Å². The number of aromatic nitrogens is 2. The van der Waals surface area contributed by atoms with Crippen LogP contribution in [0.25, 0.3) is 11.0 Å². The molecule has 0 aromatic carbocycles. The Kier molecular flexibility index (Phi) is 3.81. The molecule has 2 aromatic rings. The van der Waals surface area contributed by atoms with E-state index >= 15 is 0 Å². The SMILES string of the molecule is CC(C)(C)OC(=O)N1CCCC(c2cnc3cc[nH]c3c2)C1. The number of nitrogens with one attached hydrogen (secondary N) is 1. The second kappa shape index (κ2) is 5.63. The summed E-state index contributed by atoms with van der Waals surface area (Å²) >= 11 is 0. The van der Waals surface area contributed by atoms with Gasteiger partial charge in [-0.2, -0.15) is 0 Å². The van der Waals surface area contributed by atoms with E-state index in [9.17, 15) is 4.79 Å². The van der Waals surface area contributed by atoms with Crippen molar-refractivity contribution in [1.82, 2.24) is 14.9 Å². The van der Waals surface area contributed by atoms with Crippen LogP contribution in [0.5, 0.6) is 0 Å². The highest BCUT2D eigenvalue weighted by Gasteiger charge is 2.28. The van der Waals surface area contributed by atoms with Crippen LogP contribution >= 0.6 is 0 Å². The van der Waals surface area contributed by atoms with E-state index in [4.69, 9.17) is 4.74 Å². The Morgan fingerprint density at radius 3 is 3.05 bits per heavy atom. The van der Waals surface area contributed by atoms with Gasteiger partial charge in [-0.05, 0) is 51.3 Å². The first kappa shape index (κ1) is 14.9. The predicted molar refractivity (Wildman–Crippen MR) is 85.9 cm³/mol. The van der Waals surface area contributed by atoms with Gasteiger partial charge in [-0.25, -0.2) is 4.79 Å². The molecule has 1 N–H and O–H groups in total. The normalized spacial score (nSPS) is 19.4. The van der Waals surface area contributed by atoms with Crippen LogP contribution in [-0.4, -0.2) is 39.7 Å². The molecule has 5 nitrogen and oxygen atoms in total. The molecule has 1 atom stereocenters. The van der Waals surface area contributed by atoms with Gasteiger partial charge in [-0.15, -0.1) is 0 Å². The lowest BCUT2D eigenvalue weighted by atomic mass is 9.92. The van der Waals surface area contributed by atoms with Crippen molar-refractivity contribution in [3.8, 4) is 0 Å². The minimum atomic E-state index is -0.450. The summed E-state index contributed by atoms with van der Waals surface area (Å²) in [5, 5.41) is 0. The van der Waals surface area contributed by atoms with Gasteiger partial charge in [0, 0.05) is 31.4 Å². The molecule has 1 aliphatic heterocycles. The molecule has 2 aromatic heterocycles. The Morgan fingerprint density at radius 2 is 2.27 bits per heavy atom. The summed E-state index contributed by atoms with van der Waals surface area (Å²) in [7, 11) is 0. The second-order valence-corrected chi connectivity index (χ2v) is 6.94. The van der Waals surface area contributed by atoms with Crippen molar-refractivity contribution in [2.24, 2.45) is 0 Å².